The average Bonchev–Trinajstić information content (AvgIpc) is 1.86. The van der Waals surface area contributed by atoms with Gasteiger partial charge in [0.1, 0.15) is 10.1 Å². The summed E-state index contributed by atoms with van der Waals surface area (Å²) in [5, 5.41) is 0. The lowest BCUT2D eigenvalue weighted by atomic mass is 10.2. The second-order valence-corrected chi connectivity index (χ2v) is 3.65. The molecule has 0 N–H and O–H groups in total. The van der Waals surface area contributed by atoms with Gasteiger partial charge in [0.25, 0.3) is 0 Å². The van der Waals surface area contributed by atoms with E-state index in [9.17, 15) is 13.0 Å². The summed E-state index contributed by atoms with van der Waals surface area (Å²) in [7, 11) is -4.27. The first-order valence-electron chi connectivity index (χ1n) is 3.03. The Morgan fingerprint density at radius 2 is 1.58 bits per heavy atom. The predicted molar refractivity (Wildman–Crippen MR) is 41.9 cm³/mol. The van der Waals surface area contributed by atoms with Crippen LogP contribution in [0.15, 0.2) is 29.2 Å². The van der Waals surface area contributed by atoms with Crippen molar-refractivity contribution in [2.24, 2.45) is 0 Å². The van der Waals surface area contributed by atoms with Crippen molar-refractivity contribution < 1.29 is 25.4 Å². The molecule has 1 aromatic carbocycles. The van der Waals surface area contributed by atoms with Crippen molar-refractivity contribution in [1.29, 1.82) is 0 Å². The normalized spacial score (nSPS) is 10.5. The minimum atomic E-state index is -4.27. The van der Waals surface area contributed by atoms with E-state index in [-0.39, 0.29) is 17.3 Å². The summed E-state index contributed by atoms with van der Waals surface area (Å²) in [6, 6.07) is 5.78. The highest BCUT2D eigenvalue weighted by atomic mass is 35.5. The van der Waals surface area contributed by atoms with Crippen LogP contribution >= 0.6 is 0 Å². The van der Waals surface area contributed by atoms with Crippen molar-refractivity contribution in [3.05, 3.63) is 29.8 Å². The lowest BCUT2D eigenvalue weighted by Crippen LogP contribution is -1.97. The second-order valence-electron chi connectivity index (χ2n) is 2.27. The van der Waals surface area contributed by atoms with Gasteiger partial charge >= 0.3 is 0 Å². The zero-order valence-corrected chi connectivity index (χ0v) is 8.10. The molecular weight excluding hydrogens is 200 g/mol. The molecule has 0 aliphatic heterocycles. The Balaban J connectivity index is 0.00000121. The first-order chi connectivity index (χ1) is 5.00. The third kappa shape index (κ3) is 2.81. The molecule has 0 amide bonds. The van der Waals surface area contributed by atoms with E-state index in [0.29, 0.717) is 0 Å². The van der Waals surface area contributed by atoms with Crippen LogP contribution in [0.4, 0.5) is 0 Å². The zero-order chi connectivity index (χ0) is 8.48. The summed E-state index contributed by atoms with van der Waals surface area (Å²) in [6.45, 7) is 1.82. The topological polar surface area (TPSA) is 57.2 Å². The fourth-order valence-corrected chi connectivity index (χ4v) is 1.17. The minimum absolute atomic E-state index is 0. The summed E-state index contributed by atoms with van der Waals surface area (Å²) < 4.78 is 31.2. The van der Waals surface area contributed by atoms with Gasteiger partial charge in [0.2, 0.25) is 0 Å². The zero-order valence-electron chi connectivity index (χ0n) is 6.39. The maximum Gasteiger partial charge on any atom is 0.124 e. The Kier molecular flexibility index (Phi) is 3.70. The highest BCUT2D eigenvalue weighted by molar-refractivity contribution is 7.85. The first-order valence-corrected chi connectivity index (χ1v) is 4.43. The molecule has 0 bridgehead atoms. The molecular formula is C7H9ClO3S. The van der Waals surface area contributed by atoms with Crippen molar-refractivity contribution in [1.82, 2.24) is 0 Å². The van der Waals surface area contributed by atoms with Gasteiger partial charge in [-0.2, -0.15) is 0 Å². The van der Waals surface area contributed by atoms with Crippen LogP contribution in [0.3, 0.4) is 0 Å². The Bertz CT molecular complexity index is 341. The molecule has 0 saturated heterocycles. The summed E-state index contributed by atoms with van der Waals surface area (Å²) in [5.74, 6) is 0. The van der Waals surface area contributed by atoms with Crippen LogP contribution in [-0.2, 0) is 10.1 Å². The molecule has 12 heavy (non-hydrogen) atoms. The van der Waals surface area contributed by atoms with Crippen LogP contribution in [-0.4, -0.2) is 13.0 Å². The van der Waals surface area contributed by atoms with Gasteiger partial charge in [-0.3, -0.25) is 0 Å². The molecule has 0 fully saturated rings. The average molecular weight is 209 g/mol. The molecule has 5 heteroatoms. The molecule has 1 rings (SSSR count). The lowest BCUT2D eigenvalue weighted by Gasteiger charge is -2.05. The van der Waals surface area contributed by atoms with Gasteiger partial charge in [0.05, 0.1) is 17.3 Å². The Morgan fingerprint density at radius 3 is 1.92 bits per heavy atom. The fourth-order valence-electron chi connectivity index (χ4n) is 0.705. The first kappa shape index (κ1) is 11.4. The van der Waals surface area contributed by atoms with Crippen LogP contribution < -0.4 is 0 Å². The van der Waals surface area contributed by atoms with Crippen molar-refractivity contribution in [2.45, 2.75) is 11.8 Å². The summed E-state index contributed by atoms with van der Waals surface area (Å²) in [5.41, 5.74) is 0.928. The van der Waals surface area contributed by atoms with Crippen molar-refractivity contribution in [3.63, 3.8) is 0 Å². The minimum Gasteiger partial charge on any atom is -0.744 e. The maximum atomic E-state index is 10.4. The van der Waals surface area contributed by atoms with Gasteiger partial charge in [-0.05, 0) is 19.1 Å². The number of rotatable bonds is 1. The van der Waals surface area contributed by atoms with Gasteiger partial charge in [-0.15, -0.1) is 0 Å². The van der Waals surface area contributed by atoms with Gasteiger partial charge in [0.15, 0.2) is 0 Å². The number of aryl methyl sites for hydroxylation is 1. The van der Waals surface area contributed by atoms with Crippen LogP contribution in [0, 0.1) is 19.3 Å². The van der Waals surface area contributed by atoms with Gasteiger partial charge in [0, 0.05) is 0 Å². The quantitative estimate of drug-likeness (QED) is 0.627. The third-order valence-corrected chi connectivity index (χ3v) is 2.16. The van der Waals surface area contributed by atoms with Crippen molar-refractivity contribution in [2.75, 3.05) is 0 Å². The fraction of sp³-hybridized carbons (Fsp3) is 0.143. The van der Waals surface area contributed by atoms with E-state index in [4.69, 9.17) is 0 Å². The van der Waals surface area contributed by atoms with Crippen LogP contribution in [0.25, 0.3) is 0 Å². The van der Waals surface area contributed by atoms with Crippen molar-refractivity contribution >= 4 is 10.1 Å². The molecule has 1 aromatic rings. The number of hydrogen-bond donors (Lipinski definition) is 0. The predicted octanol–water partition coefficient (Wildman–Crippen LogP) is 0.364. The monoisotopic (exact) mass is 208 g/mol. The van der Waals surface area contributed by atoms with Gasteiger partial charge < -0.3 is 4.55 Å². The van der Waals surface area contributed by atoms with E-state index in [0.717, 1.165) is 5.56 Å². The standard InChI is InChI=1S/C7H8O3S.ClH2/c1-6-2-4-7(5-3-6)11(8,9)10;/h2-5H,1H3,(H,8,9,10);1H2/q;+1/p-1. The molecule has 0 aliphatic carbocycles. The molecule has 0 unspecified atom stereocenters. The molecule has 0 aromatic heterocycles. The Morgan fingerprint density at radius 1 is 1.17 bits per heavy atom. The summed E-state index contributed by atoms with van der Waals surface area (Å²) in [4.78, 5) is -0.178. The van der Waals surface area contributed by atoms with Gasteiger partial charge in [-0.1, -0.05) is 17.7 Å². The molecule has 0 saturated carbocycles. The SMILES string of the molecule is Cc1ccc(S(=O)(=O)[O-])cc1.[ClH2+]. The highest BCUT2D eigenvalue weighted by Gasteiger charge is 1.97. The summed E-state index contributed by atoms with van der Waals surface area (Å²) >= 11 is 0. The molecule has 0 radical (unpaired) electrons. The van der Waals surface area contributed by atoms with Gasteiger partial charge in [-0.25, -0.2) is 8.42 Å². The molecule has 68 valence electrons. The summed E-state index contributed by atoms with van der Waals surface area (Å²) in [6.07, 6.45) is 0. The maximum absolute atomic E-state index is 10.4. The molecule has 0 spiro atoms. The van der Waals surface area contributed by atoms with Crippen LogP contribution in [0.5, 0.6) is 0 Å². The van der Waals surface area contributed by atoms with Crippen LogP contribution in [0.2, 0.25) is 0 Å². The van der Waals surface area contributed by atoms with E-state index >= 15 is 0 Å². The Hall–Kier alpha value is -0.580. The molecule has 3 nitrogen and oxygen atoms in total. The molecule has 0 aliphatic rings. The number of benzene rings is 1. The van der Waals surface area contributed by atoms with E-state index in [1.807, 2.05) is 6.92 Å². The smallest absolute Gasteiger partial charge is 0.124 e. The molecule has 0 heterocycles. The highest BCUT2D eigenvalue weighted by Crippen LogP contribution is 2.08. The number of halogens is 1. The Labute approximate surface area is 77.6 Å². The third-order valence-electron chi connectivity index (χ3n) is 1.31. The van der Waals surface area contributed by atoms with Crippen molar-refractivity contribution in [3.8, 4) is 0 Å². The largest absolute Gasteiger partial charge is 0.744 e. The van der Waals surface area contributed by atoms with E-state index in [1.165, 1.54) is 12.1 Å². The lowest BCUT2D eigenvalue weighted by molar-refractivity contribution is -0.00000666. The second kappa shape index (κ2) is 3.89. The van der Waals surface area contributed by atoms with E-state index in [2.05, 4.69) is 0 Å². The van der Waals surface area contributed by atoms with E-state index in [1.54, 1.807) is 12.1 Å². The van der Waals surface area contributed by atoms with E-state index < -0.39 is 10.1 Å². The molecule has 0 atom stereocenters. The number of hydrogen-bond acceptors (Lipinski definition) is 3. The van der Waals surface area contributed by atoms with Crippen LogP contribution in [0.1, 0.15) is 5.56 Å².